The minimum absolute atomic E-state index is 0.583. The van der Waals surface area contributed by atoms with Gasteiger partial charge in [-0.1, -0.05) is 31.3 Å². The van der Waals surface area contributed by atoms with E-state index in [0.717, 1.165) is 37.2 Å². The zero-order chi connectivity index (χ0) is 11.6. The smallest absolute Gasteiger partial charge is 0.120 e. The molecule has 0 aliphatic carbocycles. The Kier molecular flexibility index (Phi) is 6.53. The molecule has 0 radical (unpaired) electrons. The van der Waals surface area contributed by atoms with Crippen molar-refractivity contribution in [3.05, 3.63) is 29.8 Å². The molecule has 0 bridgehead atoms. The third kappa shape index (κ3) is 5.09. The van der Waals surface area contributed by atoms with E-state index < -0.39 is 0 Å². The summed E-state index contributed by atoms with van der Waals surface area (Å²) in [6, 6.07) is 7.87. The van der Waals surface area contributed by atoms with Crippen molar-refractivity contribution in [3.8, 4) is 17.6 Å². The Morgan fingerprint density at radius 3 is 3.00 bits per heavy atom. The molecule has 0 amide bonds. The van der Waals surface area contributed by atoms with Gasteiger partial charge in [-0.25, -0.2) is 0 Å². The Balaban J connectivity index is 2.54. The lowest BCUT2D eigenvalue weighted by molar-refractivity contribution is 0.309. The first-order valence-electron chi connectivity index (χ1n) is 5.64. The van der Waals surface area contributed by atoms with E-state index >= 15 is 0 Å². The number of hydrogen-bond donors (Lipinski definition) is 0. The molecule has 2 heteroatoms. The van der Waals surface area contributed by atoms with E-state index in [1.807, 2.05) is 24.3 Å². The van der Waals surface area contributed by atoms with Crippen molar-refractivity contribution in [3.63, 3.8) is 0 Å². The first-order valence-corrected chi connectivity index (χ1v) is 6.18. The van der Waals surface area contributed by atoms with E-state index in [1.165, 1.54) is 0 Å². The molecule has 0 saturated heterocycles. The summed E-state index contributed by atoms with van der Waals surface area (Å²) in [5.41, 5.74) is 0.985. The second-order valence-corrected chi connectivity index (χ2v) is 3.85. The number of unbranched alkanes of at least 4 members (excludes halogenated alkanes) is 1. The highest BCUT2D eigenvalue weighted by Crippen LogP contribution is 2.13. The topological polar surface area (TPSA) is 9.23 Å². The molecule has 1 nitrogen and oxygen atoms in total. The van der Waals surface area contributed by atoms with Gasteiger partial charge in [0, 0.05) is 17.9 Å². The van der Waals surface area contributed by atoms with Crippen molar-refractivity contribution < 1.29 is 4.74 Å². The van der Waals surface area contributed by atoms with Crippen molar-refractivity contribution >= 4 is 11.6 Å². The average molecular weight is 237 g/mol. The minimum Gasteiger partial charge on any atom is -0.494 e. The minimum atomic E-state index is 0.583. The molecule has 0 heterocycles. The van der Waals surface area contributed by atoms with E-state index in [4.69, 9.17) is 16.3 Å². The maximum absolute atomic E-state index is 5.60. The number of halogens is 1. The summed E-state index contributed by atoms with van der Waals surface area (Å²) in [5, 5.41) is 0. The average Bonchev–Trinajstić information content (AvgIpc) is 2.30. The Hall–Kier alpha value is -1.13. The monoisotopic (exact) mass is 236 g/mol. The first-order chi connectivity index (χ1) is 7.86. The Morgan fingerprint density at radius 2 is 2.25 bits per heavy atom. The lowest BCUT2D eigenvalue weighted by Gasteiger charge is -2.04. The van der Waals surface area contributed by atoms with Crippen LogP contribution in [0.5, 0.6) is 5.75 Å². The number of hydrogen-bond acceptors (Lipinski definition) is 1. The fraction of sp³-hybridized carbons (Fsp3) is 0.429. The number of ether oxygens (including phenoxy) is 1. The molecule has 86 valence electrons. The lowest BCUT2D eigenvalue weighted by Crippen LogP contribution is -1.96. The molecule has 16 heavy (non-hydrogen) atoms. The van der Waals surface area contributed by atoms with Gasteiger partial charge in [-0.2, -0.15) is 0 Å². The summed E-state index contributed by atoms with van der Waals surface area (Å²) >= 11 is 5.56. The summed E-state index contributed by atoms with van der Waals surface area (Å²) in [6.45, 7) is 2.92. The molecular formula is C14H17ClO. The number of alkyl halides is 1. The molecule has 0 fully saturated rings. The maximum atomic E-state index is 5.60. The van der Waals surface area contributed by atoms with Gasteiger partial charge in [0.2, 0.25) is 0 Å². The van der Waals surface area contributed by atoms with E-state index in [1.54, 1.807) is 0 Å². The molecular weight excluding hydrogens is 220 g/mol. The van der Waals surface area contributed by atoms with Gasteiger partial charge in [0.15, 0.2) is 0 Å². The highest BCUT2D eigenvalue weighted by atomic mass is 35.5. The van der Waals surface area contributed by atoms with Crippen LogP contribution in [0.2, 0.25) is 0 Å². The Morgan fingerprint density at radius 1 is 1.38 bits per heavy atom. The molecule has 0 saturated carbocycles. The molecule has 0 N–H and O–H groups in total. The highest BCUT2D eigenvalue weighted by Gasteiger charge is 1.94. The zero-order valence-electron chi connectivity index (χ0n) is 9.63. The van der Waals surface area contributed by atoms with Gasteiger partial charge >= 0.3 is 0 Å². The van der Waals surface area contributed by atoms with Crippen LogP contribution in [0.1, 0.15) is 31.7 Å². The van der Waals surface area contributed by atoms with E-state index in [-0.39, 0.29) is 0 Å². The number of benzene rings is 1. The first kappa shape index (κ1) is 12.9. The zero-order valence-corrected chi connectivity index (χ0v) is 10.4. The van der Waals surface area contributed by atoms with Crippen molar-refractivity contribution in [2.45, 2.75) is 26.2 Å². The standard InChI is InChI=1S/C14H17ClO/c1-2-3-11-16-14-9-6-8-13(12-14)7-4-5-10-15/h6,8-9,12H,2-3,5,10-11H2,1H3. The second kappa shape index (κ2) is 8.07. The van der Waals surface area contributed by atoms with E-state index in [0.29, 0.717) is 5.88 Å². The van der Waals surface area contributed by atoms with Crippen LogP contribution in [0.3, 0.4) is 0 Å². The van der Waals surface area contributed by atoms with Crippen molar-refractivity contribution in [1.82, 2.24) is 0 Å². The third-order valence-electron chi connectivity index (χ3n) is 2.05. The third-order valence-corrected chi connectivity index (χ3v) is 2.24. The van der Waals surface area contributed by atoms with Crippen LogP contribution in [-0.2, 0) is 0 Å². The molecule has 1 rings (SSSR count). The molecule has 0 aliphatic rings. The van der Waals surface area contributed by atoms with E-state index in [9.17, 15) is 0 Å². The summed E-state index contributed by atoms with van der Waals surface area (Å²) in [4.78, 5) is 0. The van der Waals surface area contributed by atoms with Crippen LogP contribution < -0.4 is 4.74 Å². The predicted octanol–water partition coefficient (Wildman–Crippen LogP) is 3.85. The van der Waals surface area contributed by atoms with Gasteiger partial charge in [-0.05, 0) is 24.6 Å². The lowest BCUT2D eigenvalue weighted by atomic mass is 10.2. The van der Waals surface area contributed by atoms with Gasteiger partial charge in [0.1, 0.15) is 5.75 Å². The number of rotatable bonds is 5. The van der Waals surface area contributed by atoms with Gasteiger partial charge in [0.25, 0.3) is 0 Å². The summed E-state index contributed by atoms with van der Waals surface area (Å²) in [5.74, 6) is 7.55. The Bertz CT molecular complexity index is 362. The molecule has 0 spiro atoms. The van der Waals surface area contributed by atoms with Crippen LogP contribution in [-0.4, -0.2) is 12.5 Å². The SMILES string of the molecule is CCCCOc1cccc(C#CCCCl)c1. The highest BCUT2D eigenvalue weighted by molar-refractivity contribution is 6.18. The molecule has 0 unspecified atom stereocenters. The summed E-state index contributed by atoms with van der Waals surface area (Å²) < 4.78 is 5.60. The molecule has 1 aromatic rings. The summed E-state index contributed by atoms with van der Waals surface area (Å²) in [6.07, 6.45) is 2.96. The van der Waals surface area contributed by atoms with Crippen LogP contribution in [0.25, 0.3) is 0 Å². The molecule has 1 aromatic carbocycles. The van der Waals surface area contributed by atoms with E-state index in [2.05, 4.69) is 18.8 Å². The summed E-state index contributed by atoms with van der Waals surface area (Å²) in [7, 11) is 0. The van der Waals surface area contributed by atoms with Crippen molar-refractivity contribution in [2.24, 2.45) is 0 Å². The van der Waals surface area contributed by atoms with Gasteiger partial charge in [0.05, 0.1) is 6.61 Å². The van der Waals surface area contributed by atoms with Crippen LogP contribution in [0.15, 0.2) is 24.3 Å². The van der Waals surface area contributed by atoms with Crippen LogP contribution in [0.4, 0.5) is 0 Å². The molecule has 0 aliphatic heterocycles. The van der Waals surface area contributed by atoms with Crippen LogP contribution in [0, 0.1) is 11.8 Å². The second-order valence-electron chi connectivity index (χ2n) is 3.47. The fourth-order valence-corrected chi connectivity index (χ4v) is 1.30. The Labute approximate surface area is 103 Å². The predicted molar refractivity (Wildman–Crippen MR) is 69.1 cm³/mol. The van der Waals surface area contributed by atoms with Crippen molar-refractivity contribution in [1.29, 1.82) is 0 Å². The normalized spacial score (nSPS) is 9.38. The van der Waals surface area contributed by atoms with Crippen molar-refractivity contribution in [2.75, 3.05) is 12.5 Å². The van der Waals surface area contributed by atoms with Gasteiger partial charge < -0.3 is 4.74 Å². The quantitative estimate of drug-likeness (QED) is 0.429. The largest absolute Gasteiger partial charge is 0.494 e. The maximum Gasteiger partial charge on any atom is 0.120 e. The molecule has 0 atom stereocenters. The van der Waals surface area contributed by atoms with Gasteiger partial charge in [-0.15, -0.1) is 11.6 Å². The fourth-order valence-electron chi connectivity index (χ4n) is 1.21. The van der Waals surface area contributed by atoms with Crippen LogP contribution >= 0.6 is 11.6 Å². The molecule has 0 aromatic heterocycles. The van der Waals surface area contributed by atoms with Gasteiger partial charge in [-0.3, -0.25) is 0 Å².